The zero-order valence-electron chi connectivity index (χ0n) is 14.9. The Labute approximate surface area is 155 Å². The van der Waals surface area contributed by atoms with Crippen LogP contribution in [0, 0.1) is 0 Å². The highest BCUT2D eigenvalue weighted by atomic mass is 16.5. The van der Waals surface area contributed by atoms with E-state index in [1.807, 2.05) is 25.1 Å². The molecule has 0 radical (unpaired) electrons. The van der Waals surface area contributed by atoms with Gasteiger partial charge in [-0.3, -0.25) is 14.3 Å². The van der Waals surface area contributed by atoms with E-state index in [4.69, 9.17) is 10.5 Å². The topological polar surface area (TPSA) is 108 Å². The van der Waals surface area contributed by atoms with Gasteiger partial charge in [0.25, 0.3) is 0 Å². The number of nitrogen functional groups attached to an aromatic ring is 1. The van der Waals surface area contributed by atoms with Gasteiger partial charge in [0.1, 0.15) is 23.7 Å². The maximum atomic E-state index is 11.6. The van der Waals surface area contributed by atoms with E-state index < -0.39 is 0 Å². The number of hydrogen-bond donors (Lipinski definition) is 2. The molecule has 1 aromatic carbocycles. The van der Waals surface area contributed by atoms with Gasteiger partial charge in [-0.1, -0.05) is 0 Å². The molecule has 3 aromatic heterocycles. The number of nitrogens with one attached hydrogen (secondary N) is 1. The van der Waals surface area contributed by atoms with E-state index in [9.17, 15) is 4.79 Å². The summed E-state index contributed by atoms with van der Waals surface area (Å²) in [7, 11) is 0. The Bertz CT molecular complexity index is 1150. The summed E-state index contributed by atoms with van der Waals surface area (Å²) in [4.78, 5) is 24.6. The third-order valence-corrected chi connectivity index (χ3v) is 4.17. The summed E-state index contributed by atoms with van der Waals surface area (Å²) < 4.78 is 7.44. The molecule has 0 saturated heterocycles. The maximum Gasteiger partial charge on any atom is 0.221 e. The van der Waals surface area contributed by atoms with E-state index in [1.54, 1.807) is 29.5 Å². The number of imidazole rings is 1. The fourth-order valence-electron chi connectivity index (χ4n) is 3.03. The second-order valence-corrected chi connectivity index (χ2v) is 6.03. The highest BCUT2D eigenvalue weighted by molar-refractivity contribution is 6.11. The second kappa shape index (κ2) is 6.56. The van der Waals surface area contributed by atoms with Gasteiger partial charge in [-0.2, -0.15) is 0 Å². The van der Waals surface area contributed by atoms with Crippen LogP contribution in [0.3, 0.4) is 0 Å². The van der Waals surface area contributed by atoms with Crippen molar-refractivity contribution in [3.63, 3.8) is 0 Å². The zero-order valence-corrected chi connectivity index (χ0v) is 14.9. The van der Waals surface area contributed by atoms with E-state index in [0.29, 0.717) is 29.7 Å². The van der Waals surface area contributed by atoms with Crippen molar-refractivity contribution in [1.29, 1.82) is 0 Å². The Balaban J connectivity index is 2.02. The molecule has 3 N–H and O–H groups in total. The van der Waals surface area contributed by atoms with Crippen molar-refractivity contribution >= 4 is 39.1 Å². The van der Waals surface area contributed by atoms with Crippen molar-refractivity contribution in [2.24, 2.45) is 0 Å². The highest BCUT2D eigenvalue weighted by Crippen LogP contribution is 2.35. The summed E-state index contributed by atoms with van der Waals surface area (Å²) in [6, 6.07) is 5.60. The molecule has 4 aromatic rings. The van der Waals surface area contributed by atoms with Crippen LogP contribution in [0.25, 0.3) is 27.5 Å². The molecule has 0 fully saturated rings. The molecular weight excluding hydrogens is 344 g/mol. The number of aromatic nitrogens is 4. The van der Waals surface area contributed by atoms with Crippen LogP contribution >= 0.6 is 0 Å². The molecule has 0 unspecified atom stereocenters. The van der Waals surface area contributed by atoms with Gasteiger partial charge < -0.3 is 15.8 Å². The van der Waals surface area contributed by atoms with Crippen molar-refractivity contribution in [3.05, 3.63) is 43.1 Å². The standard InChI is InChI=1S/C19H18N6O2/c1-3-27-17-8-15-13(6-16(17)23-11(2)26)12-7-18(25-5-4-21-10-25)24-19(20)14(12)9-22-15/h4-10H,3H2,1-2H3,(H2,20,24)(H,23,26). The Morgan fingerprint density at radius 3 is 2.81 bits per heavy atom. The van der Waals surface area contributed by atoms with E-state index >= 15 is 0 Å². The first kappa shape index (κ1) is 16.8. The van der Waals surface area contributed by atoms with Gasteiger partial charge in [0.05, 0.1) is 17.8 Å². The molecule has 3 heterocycles. The molecule has 0 bridgehead atoms. The number of amides is 1. The third-order valence-electron chi connectivity index (χ3n) is 4.17. The number of fused-ring (bicyclic) bond motifs is 3. The van der Waals surface area contributed by atoms with Crippen molar-refractivity contribution in [2.75, 3.05) is 17.7 Å². The minimum absolute atomic E-state index is 0.177. The fourth-order valence-corrected chi connectivity index (χ4v) is 3.03. The van der Waals surface area contributed by atoms with Gasteiger partial charge in [0.2, 0.25) is 5.91 Å². The summed E-state index contributed by atoms with van der Waals surface area (Å²) in [6.07, 6.45) is 6.83. The lowest BCUT2D eigenvalue weighted by molar-refractivity contribution is -0.114. The van der Waals surface area contributed by atoms with Crippen molar-refractivity contribution in [1.82, 2.24) is 19.5 Å². The summed E-state index contributed by atoms with van der Waals surface area (Å²) in [5.74, 6) is 1.42. The maximum absolute atomic E-state index is 11.6. The van der Waals surface area contributed by atoms with E-state index in [1.165, 1.54) is 6.92 Å². The first-order valence-corrected chi connectivity index (χ1v) is 8.48. The van der Waals surface area contributed by atoms with E-state index in [-0.39, 0.29) is 5.91 Å². The van der Waals surface area contributed by atoms with Gasteiger partial charge in [0.15, 0.2) is 0 Å². The van der Waals surface area contributed by atoms with E-state index in [0.717, 1.165) is 21.7 Å². The number of nitrogens with zero attached hydrogens (tertiary/aromatic N) is 4. The Morgan fingerprint density at radius 2 is 2.11 bits per heavy atom. The van der Waals surface area contributed by atoms with Gasteiger partial charge in [0, 0.05) is 47.7 Å². The molecule has 27 heavy (non-hydrogen) atoms. The zero-order chi connectivity index (χ0) is 19.0. The average Bonchev–Trinajstić information content (AvgIpc) is 3.16. The van der Waals surface area contributed by atoms with Crippen molar-refractivity contribution < 1.29 is 9.53 Å². The van der Waals surface area contributed by atoms with Crippen LogP contribution in [-0.2, 0) is 4.79 Å². The molecule has 136 valence electrons. The van der Waals surface area contributed by atoms with Crippen LogP contribution in [0.2, 0.25) is 0 Å². The van der Waals surface area contributed by atoms with Crippen LogP contribution < -0.4 is 15.8 Å². The van der Waals surface area contributed by atoms with E-state index in [2.05, 4.69) is 20.3 Å². The molecule has 0 aliphatic rings. The quantitative estimate of drug-likeness (QED) is 0.541. The van der Waals surface area contributed by atoms with Crippen molar-refractivity contribution in [3.8, 4) is 11.6 Å². The smallest absolute Gasteiger partial charge is 0.221 e. The number of hydrogen-bond acceptors (Lipinski definition) is 6. The molecule has 0 aliphatic carbocycles. The second-order valence-electron chi connectivity index (χ2n) is 6.03. The average molecular weight is 362 g/mol. The summed E-state index contributed by atoms with van der Waals surface area (Å²) in [5.41, 5.74) is 7.50. The first-order chi connectivity index (χ1) is 13.1. The van der Waals surface area contributed by atoms with Crippen LogP contribution in [0.1, 0.15) is 13.8 Å². The molecule has 1 amide bonds. The summed E-state index contributed by atoms with van der Waals surface area (Å²) in [6.45, 7) is 3.83. The molecule has 8 heteroatoms. The molecule has 4 rings (SSSR count). The number of carbonyl (C=O) groups is 1. The minimum Gasteiger partial charge on any atom is -0.492 e. The predicted octanol–water partition coefficient (Wildman–Crippen LogP) is 2.91. The minimum atomic E-state index is -0.177. The normalized spacial score (nSPS) is 11.0. The molecule has 0 saturated carbocycles. The predicted molar refractivity (Wildman–Crippen MR) is 104 cm³/mol. The molecule has 0 aliphatic heterocycles. The number of ether oxygens (including phenoxy) is 1. The lowest BCUT2D eigenvalue weighted by atomic mass is 10.1. The monoisotopic (exact) mass is 362 g/mol. The fraction of sp³-hybridized carbons (Fsp3) is 0.158. The molecule has 0 atom stereocenters. The molecular formula is C19H18N6O2. The van der Waals surface area contributed by atoms with Crippen LogP contribution in [0.15, 0.2) is 43.1 Å². The number of anilines is 2. The Kier molecular flexibility index (Phi) is 4.08. The van der Waals surface area contributed by atoms with Crippen LogP contribution in [0.4, 0.5) is 11.5 Å². The van der Waals surface area contributed by atoms with Gasteiger partial charge >= 0.3 is 0 Å². The van der Waals surface area contributed by atoms with Crippen LogP contribution in [0.5, 0.6) is 5.75 Å². The van der Waals surface area contributed by atoms with Crippen molar-refractivity contribution in [2.45, 2.75) is 13.8 Å². The van der Waals surface area contributed by atoms with Gasteiger partial charge in [-0.25, -0.2) is 9.97 Å². The first-order valence-electron chi connectivity index (χ1n) is 8.48. The highest BCUT2D eigenvalue weighted by Gasteiger charge is 2.13. The number of carbonyl (C=O) groups excluding carboxylic acids is 1. The van der Waals surface area contributed by atoms with Gasteiger partial charge in [-0.05, 0) is 19.1 Å². The Morgan fingerprint density at radius 1 is 1.26 bits per heavy atom. The SMILES string of the molecule is CCOc1cc2ncc3c(N)nc(-n4ccnc4)cc3c2cc1NC(C)=O. The largest absolute Gasteiger partial charge is 0.492 e. The number of rotatable bonds is 4. The van der Waals surface area contributed by atoms with Gasteiger partial charge in [-0.15, -0.1) is 0 Å². The third kappa shape index (κ3) is 3.01. The lowest BCUT2D eigenvalue weighted by Gasteiger charge is -2.14. The summed E-state index contributed by atoms with van der Waals surface area (Å²) in [5, 5.41) is 5.28. The Hall–Kier alpha value is -3.68. The van der Waals surface area contributed by atoms with Crippen LogP contribution in [-0.4, -0.2) is 32.0 Å². The number of benzene rings is 1. The molecule has 0 spiro atoms. The lowest BCUT2D eigenvalue weighted by Crippen LogP contribution is -2.08. The number of nitrogens with two attached hydrogens (primary N) is 1. The molecule has 8 nitrogen and oxygen atoms in total. The number of pyridine rings is 2. The summed E-state index contributed by atoms with van der Waals surface area (Å²) >= 11 is 0.